The molecule has 0 heterocycles. The van der Waals surface area contributed by atoms with Crippen molar-refractivity contribution in [2.75, 3.05) is 0 Å². The number of nitrogens with one attached hydrogen (secondary N) is 3. The van der Waals surface area contributed by atoms with Crippen molar-refractivity contribution in [3.05, 3.63) is 35.9 Å². The van der Waals surface area contributed by atoms with E-state index in [9.17, 15) is 33.6 Å². The molecule has 3 aliphatic carbocycles. The fraction of sp³-hybridized carbons (Fsp3) is 0.759. The first-order valence-corrected chi connectivity index (χ1v) is 25.8. The summed E-state index contributed by atoms with van der Waals surface area (Å²) in [7, 11) is 0. The van der Waals surface area contributed by atoms with Crippen LogP contribution in [-0.4, -0.2) is 65.0 Å². The summed E-state index contributed by atoms with van der Waals surface area (Å²) in [4.78, 5) is 94.9. The molecule has 0 aliphatic heterocycles. The SMILES string of the molecule is CC[C@@H](C(=O)C[C@H](C)C(=O)N[C@@H]1CCCC[C@@H]1[C@@H](CC)C(=O)N[C@H](C)C(=O)C[C@@H]1CCCC[C@@H]1[C@@H](CC)C(=O)OCc1ccccc1)[C@H]1CCCC[C@H]1CC(=O)[C@@H](C)NC(=O)OC(C)(C)C. The Morgan fingerprint density at radius 2 is 1.11 bits per heavy atom. The second-order valence-electron chi connectivity index (χ2n) is 21.1. The monoisotopic (exact) mass is 920 g/mol. The Bertz CT molecular complexity index is 1760. The van der Waals surface area contributed by atoms with Gasteiger partial charge in [-0.25, -0.2) is 4.79 Å². The predicted octanol–water partition coefficient (Wildman–Crippen LogP) is 10.0. The number of alkyl carbamates (subject to hydrolysis) is 1. The van der Waals surface area contributed by atoms with Gasteiger partial charge >= 0.3 is 12.1 Å². The minimum absolute atomic E-state index is 0.0176. The van der Waals surface area contributed by atoms with Gasteiger partial charge in [0.05, 0.1) is 18.0 Å². The Morgan fingerprint density at radius 3 is 1.65 bits per heavy atom. The van der Waals surface area contributed by atoms with E-state index < -0.39 is 35.6 Å². The normalized spacial score (nSPS) is 25.1. The molecule has 0 saturated heterocycles. The second-order valence-corrected chi connectivity index (χ2v) is 21.1. The molecular weight excluding hydrogens is 835 g/mol. The Hall–Kier alpha value is -4.09. The molecule has 66 heavy (non-hydrogen) atoms. The zero-order valence-corrected chi connectivity index (χ0v) is 41.9. The number of carbonyl (C=O) groups is 7. The van der Waals surface area contributed by atoms with Crippen LogP contribution in [0, 0.1) is 53.3 Å². The van der Waals surface area contributed by atoms with Gasteiger partial charge in [0.2, 0.25) is 11.8 Å². The molecule has 1 aromatic carbocycles. The van der Waals surface area contributed by atoms with E-state index in [0.717, 1.165) is 82.6 Å². The Morgan fingerprint density at radius 1 is 0.606 bits per heavy atom. The molecule has 3 amide bonds. The highest BCUT2D eigenvalue weighted by molar-refractivity contribution is 5.91. The van der Waals surface area contributed by atoms with Crippen molar-refractivity contribution in [3.8, 4) is 0 Å². The van der Waals surface area contributed by atoms with Crippen LogP contribution < -0.4 is 16.0 Å². The first kappa shape index (κ1) is 54.5. The minimum atomic E-state index is -0.709. The van der Waals surface area contributed by atoms with Crippen LogP contribution in [0.25, 0.3) is 0 Å². The Balaban J connectivity index is 1.32. The summed E-state index contributed by atoms with van der Waals surface area (Å²) < 4.78 is 11.1. The third-order valence-corrected chi connectivity index (χ3v) is 15.2. The molecule has 0 bridgehead atoms. The maximum Gasteiger partial charge on any atom is 0.408 e. The van der Waals surface area contributed by atoms with E-state index in [-0.39, 0.29) is 102 Å². The fourth-order valence-electron chi connectivity index (χ4n) is 11.5. The summed E-state index contributed by atoms with van der Waals surface area (Å²) in [6, 6.07) is 8.03. The topological polar surface area (TPSA) is 174 Å². The predicted molar refractivity (Wildman–Crippen MR) is 257 cm³/mol. The van der Waals surface area contributed by atoms with Crippen molar-refractivity contribution >= 4 is 41.2 Å². The van der Waals surface area contributed by atoms with Crippen molar-refractivity contribution in [1.29, 1.82) is 0 Å². The second kappa shape index (κ2) is 26.5. The Labute approximate surface area is 396 Å². The van der Waals surface area contributed by atoms with Crippen molar-refractivity contribution < 1.29 is 43.0 Å². The van der Waals surface area contributed by atoms with Gasteiger partial charge in [0.15, 0.2) is 11.6 Å². The largest absolute Gasteiger partial charge is 0.461 e. The lowest BCUT2D eigenvalue weighted by atomic mass is 9.67. The summed E-state index contributed by atoms with van der Waals surface area (Å²) in [5.41, 5.74) is 0.262. The summed E-state index contributed by atoms with van der Waals surface area (Å²) >= 11 is 0. The number of amides is 3. The maximum atomic E-state index is 14.0. The number of ketones is 3. The lowest BCUT2D eigenvalue weighted by Gasteiger charge is -2.38. The van der Waals surface area contributed by atoms with Gasteiger partial charge in [-0.2, -0.15) is 0 Å². The average Bonchev–Trinajstić information content (AvgIpc) is 3.27. The van der Waals surface area contributed by atoms with Crippen LogP contribution in [0.15, 0.2) is 30.3 Å². The van der Waals surface area contributed by atoms with Crippen molar-refractivity contribution in [3.63, 3.8) is 0 Å². The lowest BCUT2D eigenvalue weighted by Crippen LogP contribution is -2.51. The number of hydrogen-bond acceptors (Lipinski definition) is 9. The van der Waals surface area contributed by atoms with E-state index in [0.29, 0.717) is 25.7 Å². The first-order chi connectivity index (χ1) is 31.4. The molecule has 3 fully saturated rings. The van der Waals surface area contributed by atoms with Gasteiger partial charge in [0.1, 0.15) is 18.0 Å². The molecule has 0 radical (unpaired) electrons. The third kappa shape index (κ3) is 16.3. The molecule has 12 nitrogen and oxygen atoms in total. The lowest BCUT2D eigenvalue weighted by molar-refractivity contribution is -0.154. The smallest absolute Gasteiger partial charge is 0.408 e. The Kier molecular flexibility index (Phi) is 21.8. The zero-order valence-electron chi connectivity index (χ0n) is 41.9. The van der Waals surface area contributed by atoms with Crippen molar-refractivity contribution in [1.82, 2.24) is 16.0 Å². The van der Waals surface area contributed by atoms with E-state index in [4.69, 9.17) is 9.47 Å². The molecule has 4 rings (SSSR count). The number of benzene rings is 1. The third-order valence-electron chi connectivity index (χ3n) is 15.2. The van der Waals surface area contributed by atoms with Gasteiger partial charge in [-0.15, -0.1) is 0 Å². The standard InChI is InChI=1S/C54H85N3O9/c1-10-40(43-26-18-16-24-38(43)31-48(59)36(6)56-53(64)66-54(7,8)9)49(60)30-34(4)50(61)57-46-29-21-20-28-45(46)41(11-2)51(62)55-35(5)47(58)32-39-25-17-19-27-44(39)42(12-3)52(63)65-33-37-22-14-13-15-23-37/h13-15,22-23,34-36,38-46H,10-12,16-21,24-33H2,1-9H3,(H,55,62)(H,56,64)(H,57,61)/t34-,35+,36+,38-,39-,40+,41+,42+,43-,44-,45+,46+/m0/s1. The summed E-state index contributed by atoms with van der Waals surface area (Å²) in [6.07, 6.45) is 12.7. The van der Waals surface area contributed by atoms with Gasteiger partial charge in [0.25, 0.3) is 0 Å². The van der Waals surface area contributed by atoms with E-state index in [2.05, 4.69) is 16.0 Å². The summed E-state index contributed by atoms with van der Waals surface area (Å²) in [5, 5.41) is 9.00. The van der Waals surface area contributed by atoms with E-state index >= 15 is 0 Å². The van der Waals surface area contributed by atoms with E-state index in [1.54, 1.807) is 41.5 Å². The summed E-state index contributed by atoms with van der Waals surface area (Å²) in [5.74, 6) is -2.15. The first-order valence-electron chi connectivity index (χ1n) is 25.8. The van der Waals surface area contributed by atoms with Crippen molar-refractivity contribution in [2.45, 2.75) is 208 Å². The van der Waals surface area contributed by atoms with Crippen LogP contribution in [0.4, 0.5) is 4.79 Å². The quantitative estimate of drug-likeness (QED) is 0.0903. The van der Waals surface area contributed by atoms with Gasteiger partial charge < -0.3 is 25.4 Å². The highest BCUT2D eigenvalue weighted by Gasteiger charge is 2.41. The molecule has 0 aromatic heterocycles. The van der Waals surface area contributed by atoms with E-state index in [1.165, 1.54) is 0 Å². The van der Waals surface area contributed by atoms with Gasteiger partial charge in [-0.05, 0) is 128 Å². The molecule has 370 valence electrons. The molecule has 12 atom stereocenters. The number of Topliss-reactive ketones (excluding diaryl/α,β-unsaturated/α-hetero) is 3. The number of rotatable bonds is 23. The highest BCUT2D eigenvalue weighted by Crippen LogP contribution is 2.42. The average molecular weight is 920 g/mol. The van der Waals surface area contributed by atoms with Crippen LogP contribution in [0.1, 0.15) is 183 Å². The fourth-order valence-corrected chi connectivity index (χ4v) is 11.5. The maximum absolute atomic E-state index is 14.0. The molecule has 3 saturated carbocycles. The highest BCUT2D eigenvalue weighted by atomic mass is 16.6. The molecule has 0 spiro atoms. The van der Waals surface area contributed by atoms with Crippen LogP contribution in [0.2, 0.25) is 0 Å². The molecule has 3 N–H and O–H groups in total. The van der Waals surface area contributed by atoms with Crippen LogP contribution in [0.3, 0.4) is 0 Å². The molecule has 1 aromatic rings. The molecular formula is C54H85N3O9. The minimum Gasteiger partial charge on any atom is -0.461 e. The zero-order chi connectivity index (χ0) is 48.6. The molecule has 0 unspecified atom stereocenters. The van der Waals surface area contributed by atoms with Gasteiger partial charge in [-0.3, -0.25) is 28.8 Å². The number of ether oxygens (including phenoxy) is 2. The van der Waals surface area contributed by atoms with Gasteiger partial charge in [0, 0.05) is 43.1 Å². The van der Waals surface area contributed by atoms with Gasteiger partial charge in [-0.1, -0.05) is 96.6 Å². The number of carbonyl (C=O) groups excluding carboxylic acids is 7. The van der Waals surface area contributed by atoms with Crippen LogP contribution >= 0.6 is 0 Å². The number of esters is 1. The van der Waals surface area contributed by atoms with Crippen LogP contribution in [-0.2, 0) is 44.8 Å². The van der Waals surface area contributed by atoms with Crippen LogP contribution in [0.5, 0.6) is 0 Å². The van der Waals surface area contributed by atoms with E-state index in [1.807, 2.05) is 51.1 Å². The molecule has 12 heteroatoms. The number of hydrogen-bond donors (Lipinski definition) is 3. The summed E-state index contributed by atoms with van der Waals surface area (Å²) in [6.45, 7) is 16.8. The molecule has 3 aliphatic rings. The van der Waals surface area contributed by atoms with Crippen molar-refractivity contribution in [2.24, 2.45) is 53.3 Å².